The molecular formula is C22H25O5P. The molecule has 0 aliphatic heterocycles. The smallest absolute Gasteiger partial charge is 0.195 e. The maximum absolute atomic E-state index is 13.5. The zero-order valence-electron chi connectivity index (χ0n) is 17.3. The number of ketones is 2. The van der Waals surface area contributed by atoms with E-state index in [0.29, 0.717) is 5.56 Å². The van der Waals surface area contributed by atoms with Gasteiger partial charge in [-0.15, -0.1) is 0 Å². The van der Waals surface area contributed by atoms with Gasteiger partial charge in [0, 0.05) is 5.56 Å². The second-order valence-corrected chi connectivity index (χ2v) is 8.22. The summed E-state index contributed by atoms with van der Waals surface area (Å²) in [4.78, 5) is 26.9. The van der Waals surface area contributed by atoms with Crippen LogP contribution in [0.4, 0.5) is 0 Å². The topological polar surface area (TPSA) is 69.7 Å². The predicted molar refractivity (Wildman–Crippen MR) is 110 cm³/mol. The molecule has 2 rings (SSSR count). The van der Waals surface area contributed by atoms with Crippen LogP contribution >= 0.6 is 8.46 Å². The van der Waals surface area contributed by atoms with Gasteiger partial charge >= 0.3 is 0 Å². The Hall–Kier alpha value is -2.52. The fourth-order valence-electron chi connectivity index (χ4n) is 3.48. The zero-order chi connectivity index (χ0) is 21.2. The summed E-state index contributed by atoms with van der Waals surface area (Å²) < 4.78 is 22.9. The lowest BCUT2D eigenvalue weighted by Gasteiger charge is -2.24. The molecule has 0 fully saturated rings. The number of carbonyl (C=O) groups is 2. The Morgan fingerprint density at radius 1 is 0.786 bits per heavy atom. The molecule has 1 atom stereocenters. The van der Waals surface area contributed by atoms with E-state index in [2.05, 4.69) is 0 Å². The van der Waals surface area contributed by atoms with Crippen molar-refractivity contribution in [2.24, 2.45) is 0 Å². The van der Waals surface area contributed by atoms with Crippen LogP contribution in [0.5, 0.6) is 11.5 Å². The van der Waals surface area contributed by atoms with Gasteiger partial charge in [0.25, 0.3) is 0 Å². The van der Waals surface area contributed by atoms with Crippen LogP contribution < -0.4 is 9.47 Å². The number of aryl methyl sites for hydroxylation is 4. The Kier molecular flexibility index (Phi) is 6.41. The van der Waals surface area contributed by atoms with Crippen LogP contribution in [-0.4, -0.2) is 30.9 Å². The quantitative estimate of drug-likeness (QED) is 0.369. The van der Waals surface area contributed by atoms with Gasteiger partial charge in [-0.05, 0) is 63.4 Å². The van der Waals surface area contributed by atoms with Crippen molar-refractivity contribution >= 4 is 20.0 Å². The standard InChI is InChI=1S/C22H25O5P/c1-12-8-14(3)18(15(4)9-12)20(23)22(5,28-25)21(24)19-16(26-6)10-13(2)11-17(19)27-7/h8-11H,1-7H3. The summed E-state index contributed by atoms with van der Waals surface area (Å²) in [6, 6.07) is 7.12. The molecule has 0 spiro atoms. The van der Waals surface area contributed by atoms with Crippen molar-refractivity contribution < 1.29 is 23.6 Å². The summed E-state index contributed by atoms with van der Waals surface area (Å²) in [5, 5.41) is -1.80. The summed E-state index contributed by atoms with van der Waals surface area (Å²) in [6.07, 6.45) is 0. The summed E-state index contributed by atoms with van der Waals surface area (Å²) >= 11 is 0. The minimum absolute atomic E-state index is 0.109. The van der Waals surface area contributed by atoms with Gasteiger partial charge in [0.05, 0.1) is 14.2 Å². The SMILES string of the molecule is COc1cc(C)cc(OC)c1C(=O)C(C)(P=O)C(=O)c1c(C)cc(C)cc1C. The van der Waals surface area contributed by atoms with Gasteiger partial charge < -0.3 is 9.47 Å². The average Bonchev–Trinajstić information content (AvgIpc) is 2.64. The highest BCUT2D eigenvalue weighted by atomic mass is 31.1. The molecule has 0 saturated heterocycles. The molecule has 0 amide bonds. The Morgan fingerprint density at radius 3 is 1.57 bits per heavy atom. The Morgan fingerprint density at radius 2 is 1.18 bits per heavy atom. The third-order valence-corrected chi connectivity index (χ3v) is 5.62. The molecule has 28 heavy (non-hydrogen) atoms. The number of hydrogen-bond acceptors (Lipinski definition) is 5. The lowest BCUT2D eigenvalue weighted by molar-refractivity contribution is 0.0840. The first-order chi connectivity index (χ1) is 13.1. The van der Waals surface area contributed by atoms with Crippen LogP contribution in [0.15, 0.2) is 24.3 Å². The van der Waals surface area contributed by atoms with Gasteiger partial charge in [0.15, 0.2) is 25.2 Å². The van der Waals surface area contributed by atoms with Gasteiger partial charge in [0.2, 0.25) is 0 Å². The maximum atomic E-state index is 13.5. The molecule has 0 aliphatic rings. The van der Waals surface area contributed by atoms with Gasteiger partial charge in [-0.3, -0.25) is 14.2 Å². The first kappa shape index (κ1) is 21.8. The monoisotopic (exact) mass is 400 g/mol. The van der Waals surface area contributed by atoms with Crippen molar-refractivity contribution in [1.29, 1.82) is 0 Å². The predicted octanol–water partition coefficient (Wildman–Crippen LogP) is 5.05. The Balaban J connectivity index is 2.69. The molecule has 0 heterocycles. The van der Waals surface area contributed by atoms with Crippen LogP contribution in [-0.2, 0) is 4.57 Å². The molecule has 148 valence electrons. The second kappa shape index (κ2) is 8.24. The van der Waals surface area contributed by atoms with E-state index in [0.717, 1.165) is 22.3 Å². The molecule has 6 heteroatoms. The average molecular weight is 400 g/mol. The van der Waals surface area contributed by atoms with Gasteiger partial charge in [0.1, 0.15) is 17.1 Å². The third kappa shape index (κ3) is 3.72. The summed E-state index contributed by atoms with van der Waals surface area (Å²) in [7, 11) is 2.28. The molecule has 0 aromatic heterocycles. The maximum Gasteiger partial charge on any atom is 0.195 e. The van der Waals surface area contributed by atoms with E-state index in [4.69, 9.17) is 9.47 Å². The van der Waals surface area contributed by atoms with Gasteiger partial charge in [-0.25, -0.2) is 0 Å². The van der Waals surface area contributed by atoms with Crippen LogP contribution in [0.25, 0.3) is 0 Å². The van der Waals surface area contributed by atoms with Crippen molar-refractivity contribution in [2.75, 3.05) is 14.2 Å². The van der Waals surface area contributed by atoms with E-state index < -0.39 is 25.2 Å². The normalized spacial score (nSPS) is 13.1. The van der Waals surface area contributed by atoms with Crippen LogP contribution in [0.2, 0.25) is 0 Å². The minimum Gasteiger partial charge on any atom is -0.496 e. The number of benzene rings is 2. The van der Waals surface area contributed by atoms with Crippen LogP contribution in [0.1, 0.15) is 49.9 Å². The Labute approximate surface area is 167 Å². The number of rotatable bonds is 7. The van der Waals surface area contributed by atoms with Crippen molar-refractivity contribution in [3.05, 3.63) is 57.6 Å². The van der Waals surface area contributed by atoms with E-state index in [-0.39, 0.29) is 17.1 Å². The number of ether oxygens (including phenoxy) is 2. The number of methoxy groups -OCH3 is 2. The molecule has 0 saturated carbocycles. The van der Waals surface area contributed by atoms with E-state index in [1.54, 1.807) is 12.1 Å². The molecule has 0 bridgehead atoms. The molecule has 0 N–H and O–H groups in total. The highest BCUT2D eigenvalue weighted by Crippen LogP contribution is 2.40. The zero-order valence-corrected chi connectivity index (χ0v) is 18.2. The van der Waals surface area contributed by atoms with Crippen molar-refractivity contribution in [1.82, 2.24) is 0 Å². The molecule has 5 nitrogen and oxygen atoms in total. The fourth-order valence-corrected chi connectivity index (χ4v) is 3.87. The van der Waals surface area contributed by atoms with E-state index in [9.17, 15) is 14.2 Å². The lowest BCUT2D eigenvalue weighted by Crippen LogP contribution is -2.39. The fraction of sp³-hybridized carbons (Fsp3) is 0.364. The molecule has 0 radical (unpaired) electrons. The second-order valence-electron chi connectivity index (χ2n) is 7.14. The molecule has 1 unspecified atom stereocenters. The van der Waals surface area contributed by atoms with E-state index >= 15 is 0 Å². The van der Waals surface area contributed by atoms with Gasteiger partial charge in [-0.1, -0.05) is 17.7 Å². The summed E-state index contributed by atoms with van der Waals surface area (Å²) in [6.45, 7) is 8.80. The van der Waals surface area contributed by atoms with Crippen molar-refractivity contribution in [3.8, 4) is 11.5 Å². The summed E-state index contributed by atoms with van der Waals surface area (Å²) in [5.41, 5.74) is 3.86. The van der Waals surface area contributed by atoms with Crippen molar-refractivity contribution in [2.45, 2.75) is 39.8 Å². The van der Waals surface area contributed by atoms with Gasteiger partial charge in [-0.2, -0.15) is 0 Å². The van der Waals surface area contributed by atoms with E-state index in [1.165, 1.54) is 21.1 Å². The highest BCUT2D eigenvalue weighted by molar-refractivity contribution is 7.30. The van der Waals surface area contributed by atoms with E-state index in [1.807, 2.05) is 39.8 Å². The molecule has 2 aromatic carbocycles. The first-order valence-electron chi connectivity index (χ1n) is 8.85. The van der Waals surface area contributed by atoms with Crippen LogP contribution in [0.3, 0.4) is 0 Å². The summed E-state index contributed by atoms with van der Waals surface area (Å²) in [5.74, 6) is -0.542. The first-order valence-corrected chi connectivity index (χ1v) is 9.66. The number of carbonyl (C=O) groups excluding carboxylic acids is 2. The Bertz CT molecular complexity index is 915. The molecule has 0 aliphatic carbocycles. The van der Waals surface area contributed by atoms with Crippen LogP contribution in [0, 0.1) is 27.7 Å². The number of hydrogen-bond donors (Lipinski definition) is 0. The highest BCUT2D eigenvalue weighted by Gasteiger charge is 2.46. The number of Topliss-reactive ketones (excluding diaryl/α,β-unsaturated/α-hetero) is 2. The molecule has 2 aromatic rings. The minimum atomic E-state index is -1.80. The molecular weight excluding hydrogens is 375 g/mol. The third-order valence-electron chi connectivity index (χ3n) is 4.85. The van der Waals surface area contributed by atoms with Crippen molar-refractivity contribution in [3.63, 3.8) is 0 Å². The lowest BCUT2D eigenvalue weighted by atomic mass is 9.85. The largest absolute Gasteiger partial charge is 0.496 e.